The molecule has 1 rings (SSSR count). The van der Waals surface area contributed by atoms with Crippen molar-refractivity contribution in [2.75, 3.05) is 5.73 Å². The Bertz CT molecular complexity index is 339. The standard InChI is InChI=1S/C6H3ClN2OS/c7-5-3(1-8)6(9)11-4(5)2-10/h2H,9H2. The smallest absolute Gasteiger partial charge is 0.161 e. The Morgan fingerprint density at radius 3 is 2.64 bits per heavy atom. The highest BCUT2D eigenvalue weighted by atomic mass is 35.5. The zero-order chi connectivity index (χ0) is 8.43. The quantitative estimate of drug-likeness (QED) is 0.679. The topological polar surface area (TPSA) is 66.9 Å². The minimum absolute atomic E-state index is 0.157. The maximum absolute atomic E-state index is 10.3. The predicted octanol–water partition coefficient (Wildman–Crippen LogP) is 1.67. The number of anilines is 1. The van der Waals surface area contributed by atoms with Crippen molar-refractivity contribution in [3.05, 3.63) is 15.5 Å². The Labute approximate surface area is 72.0 Å². The highest BCUT2D eigenvalue weighted by molar-refractivity contribution is 7.18. The van der Waals surface area contributed by atoms with E-state index < -0.39 is 0 Å². The van der Waals surface area contributed by atoms with Crippen molar-refractivity contribution in [3.8, 4) is 6.07 Å². The number of nitrogens with two attached hydrogens (primary N) is 1. The third-order valence-corrected chi connectivity index (χ3v) is 2.57. The molecule has 1 aromatic heterocycles. The van der Waals surface area contributed by atoms with E-state index in [1.54, 1.807) is 0 Å². The van der Waals surface area contributed by atoms with Crippen molar-refractivity contribution < 1.29 is 4.79 Å². The molecule has 0 atom stereocenters. The van der Waals surface area contributed by atoms with Gasteiger partial charge in [-0.15, -0.1) is 11.3 Å². The van der Waals surface area contributed by atoms with Gasteiger partial charge in [0.05, 0.1) is 9.90 Å². The van der Waals surface area contributed by atoms with Gasteiger partial charge < -0.3 is 5.73 Å². The number of nitriles is 1. The zero-order valence-corrected chi connectivity index (χ0v) is 6.87. The molecular formula is C6H3ClN2OS. The highest BCUT2D eigenvalue weighted by Gasteiger charge is 2.12. The molecule has 11 heavy (non-hydrogen) atoms. The summed E-state index contributed by atoms with van der Waals surface area (Å²) in [6.45, 7) is 0. The van der Waals surface area contributed by atoms with Gasteiger partial charge in [0.2, 0.25) is 0 Å². The molecule has 5 heteroatoms. The number of hydrogen-bond acceptors (Lipinski definition) is 4. The molecule has 0 radical (unpaired) electrons. The molecule has 3 nitrogen and oxygen atoms in total. The zero-order valence-electron chi connectivity index (χ0n) is 5.30. The average molecular weight is 187 g/mol. The first-order chi connectivity index (χ1) is 5.20. The third-order valence-electron chi connectivity index (χ3n) is 1.12. The third kappa shape index (κ3) is 1.20. The molecule has 0 spiro atoms. The van der Waals surface area contributed by atoms with Crippen LogP contribution >= 0.6 is 22.9 Å². The van der Waals surface area contributed by atoms with Crippen LogP contribution in [-0.2, 0) is 0 Å². The number of carbonyl (C=O) groups is 1. The molecule has 0 aliphatic heterocycles. The molecule has 0 saturated heterocycles. The Morgan fingerprint density at radius 2 is 2.36 bits per heavy atom. The van der Waals surface area contributed by atoms with E-state index in [9.17, 15) is 4.79 Å². The first kappa shape index (κ1) is 8.05. The van der Waals surface area contributed by atoms with Crippen LogP contribution < -0.4 is 5.73 Å². The maximum atomic E-state index is 10.3. The minimum atomic E-state index is 0.157. The summed E-state index contributed by atoms with van der Waals surface area (Å²) in [4.78, 5) is 10.6. The van der Waals surface area contributed by atoms with Crippen LogP contribution in [0.2, 0.25) is 5.02 Å². The van der Waals surface area contributed by atoms with Gasteiger partial charge >= 0.3 is 0 Å². The van der Waals surface area contributed by atoms with Crippen LogP contribution in [0, 0.1) is 11.3 Å². The summed E-state index contributed by atoms with van der Waals surface area (Å²) in [5.74, 6) is 0. The summed E-state index contributed by atoms with van der Waals surface area (Å²) < 4.78 is 0. The van der Waals surface area contributed by atoms with Crippen LogP contribution in [0.25, 0.3) is 0 Å². The SMILES string of the molecule is N#Cc1c(N)sc(C=O)c1Cl. The molecule has 0 aliphatic carbocycles. The molecule has 1 aromatic rings. The van der Waals surface area contributed by atoms with Crippen molar-refractivity contribution in [3.63, 3.8) is 0 Å². The fourth-order valence-corrected chi connectivity index (χ4v) is 1.71. The van der Waals surface area contributed by atoms with E-state index in [0.717, 1.165) is 11.3 Å². The monoisotopic (exact) mass is 186 g/mol. The van der Waals surface area contributed by atoms with Crippen LogP contribution in [0.15, 0.2) is 0 Å². The van der Waals surface area contributed by atoms with Gasteiger partial charge in [-0.1, -0.05) is 11.6 Å². The molecule has 0 bridgehead atoms. The first-order valence-corrected chi connectivity index (χ1v) is 3.83. The lowest BCUT2D eigenvalue weighted by molar-refractivity contribution is 0.112. The number of thiophene rings is 1. The summed E-state index contributed by atoms with van der Waals surface area (Å²) in [5, 5.41) is 8.93. The van der Waals surface area contributed by atoms with Crippen molar-refractivity contribution >= 4 is 34.2 Å². The molecule has 2 N–H and O–H groups in total. The summed E-state index contributed by atoms with van der Waals surface area (Å²) in [6, 6.07) is 1.81. The molecule has 0 aromatic carbocycles. The van der Waals surface area contributed by atoms with E-state index in [2.05, 4.69) is 0 Å². The van der Waals surface area contributed by atoms with Gasteiger partial charge in [-0.25, -0.2) is 0 Å². The van der Waals surface area contributed by atoms with Crippen LogP contribution in [0.1, 0.15) is 15.2 Å². The normalized spacial score (nSPS) is 9.09. The van der Waals surface area contributed by atoms with E-state index >= 15 is 0 Å². The van der Waals surface area contributed by atoms with Crippen LogP contribution in [0.3, 0.4) is 0 Å². The fraction of sp³-hybridized carbons (Fsp3) is 0. The van der Waals surface area contributed by atoms with E-state index in [0.29, 0.717) is 16.2 Å². The number of rotatable bonds is 1. The molecule has 56 valence electrons. The number of halogens is 1. The molecule has 0 aliphatic rings. The van der Waals surface area contributed by atoms with E-state index in [1.165, 1.54) is 0 Å². The number of aldehydes is 1. The van der Waals surface area contributed by atoms with Gasteiger partial charge in [0.15, 0.2) is 6.29 Å². The van der Waals surface area contributed by atoms with Gasteiger partial charge in [-0.05, 0) is 0 Å². The number of carbonyl (C=O) groups excluding carboxylic acids is 1. The van der Waals surface area contributed by atoms with Crippen molar-refractivity contribution in [2.45, 2.75) is 0 Å². The molecule has 0 amide bonds. The summed E-state index contributed by atoms with van der Waals surface area (Å²) >= 11 is 6.63. The Balaban J connectivity index is 3.39. The number of hydrogen-bond donors (Lipinski definition) is 1. The Morgan fingerprint density at radius 1 is 1.73 bits per heavy atom. The number of nitrogen functional groups attached to an aromatic ring is 1. The van der Waals surface area contributed by atoms with Gasteiger partial charge in [0.1, 0.15) is 16.6 Å². The molecular weight excluding hydrogens is 184 g/mol. The predicted molar refractivity (Wildman–Crippen MR) is 43.8 cm³/mol. The van der Waals surface area contributed by atoms with Crippen LogP contribution in [-0.4, -0.2) is 6.29 Å². The second kappa shape index (κ2) is 2.91. The Kier molecular flexibility index (Phi) is 2.13. The van der Waals surface area contributed by atoms with Gasteiger partial charge in [0.25, 0.3) is 0 Å². The Hall–Kier alpha value is -1.05. The van der Waals surface area contributed by atoms with E-state index in [-0.39, 0.29) is 10.6 Å². The first-order valence-electron chi connectivity index (χ1n) is 2.63. The molecule has 0 fully saturated rings. The average Bonchev–Trinajstić information content (AvgIpc) is 2.26. The lowest BCUT2D eigenvalue weighted by Crippen LogP contribution is -1.81. The summed E-state index contributed by atoms with van der Waals surface area (Å²) in [7, 11) is 0. The second-order valence-electron chi connectivity index (χ2n) is 1.75. The lowest BCUT2D eigenvalue weighted by atomic mass is 10.3. The maximum Gasteiger partial charge on any atom is 0.161 e. The fourth-order valence-electron chi connectivity index (χ4n) is 0.626. The minimum Gasteiger partial charge on any atom is -0.389 e. The van der Waals surface area contributed by atoms with Crippen LogP contribution in [0.4, 0.5) is 5.00 Å². The van der Waals surface area contributed by atoms with E-state index in [1.807, 2.05) is 6.07 Å². The largest absolute Gasteiger partial charge is 0.389 e. The van der Waals surface area contributed by atoms with Crippen molar-refractivity contribution in [1.82, 2.24) is 0 Å². The number of nitrogens with zero attached hydrogens (tertiary/aromatic N) is 1. The molecule has 0 saturated carbocycles. The molecule has 1 heterocycles. The van der Waals surface area contributed by atoms with Crippen molar-refractivity contribution in [1.29, 1.82) is 5.26 Å². The lowest BCUT2D eigenvalue weighted by Gasteiger charge is -1.82. The highest BCUT2D eigenvalue weighted by Crippen LogP contribution is 2.32. The van der Waals surface area contributed by atoms with E-state index in [4.69, 9.17) is 22.6 Å². The summed E-state index contributed by atoms with van der Waals surface area (Å²) in [6.07, 6.45) is 0.587. The van der Waals surface area contributed by atoms with Crippen molar-refractivity contribution in [2.24, 2.45) is 0 Å². The molecule has 0 unspecified atom stereocenters. The van der Waals surface area contributed by atoms with Gasteiger partial charge in [-0.2, -0.15) is 5.26 Å². The van der Waals surface area contributed by atoms with Crippen LogP contribution in [0.5, 0.6) is 0 Å². The second-order valence-corrected chi connectivity index (χ2v) is 3.21. The van der Waals surface area contributed by atoms with Gasteiger partial charge in [0, 0.05) is 0 Å². The van der Waals surface area contributed by atoms with Gasteiger partial charge in [-0.3, -0.25) is 4.79 Å². The summed E-state index contributed by atoms with van der Waals surface area (Å²) in [5.41, 5.74) is 5.57.